The van der Waals surface area contributed by atoms with E-state index in [1.807, 2.05) is 31.2 Å². The lowest BCUT2D eigenvalue weighted by Gasteiger charge is -2.39. The number of benzene rings is 1. The molecule has 0 saturated heterocycles. The van der Waals surface area contributed by atoms with Crippen molar-refractivity contribution in [3.8, 4) is 0 Å². The molecule has 0 aromatic heterocycles. The van der Waals surface area contributed by atoms with Crippen molar-refractivity contribution in [2.45, 2.75) is 65.7 Å². The summed E-state index contributed by atoms with van der Waals surface area (Å²) in [6.07, 6.45) is 4.19. The average molecular weight is 460 g/mol. The minimum absolute atomic E-state index is 0.101. The molecule has 0 amide bonds. The van der Waals surface area contributed by atoms with Crippen molar-refractivity contribution in [1.29, 1.82) is 0 Å². The molecule has 29 heavy (non-hydrogen) atoms. The van der Waals surface area contributed by atoms with E-state index in [2.05, 4.69) is 36.7 Å². The number of ketones is 1. The number of carbonyl (C=O) groups excluding carboxylic acids is 2. The van der Waals surface area contributed by atoms with Crippen molar-refractivity contribution in [2.75, 3.05) is 6.61 Å². The summed E-state index contributed by atoms with van der Waals surface area (Å²) in [4.78, 5) is 31.0. The Hall–Kier alpha value is -1.75. The van der Waals surface area contributed by atoms with Crippen LogP contribution in [0, 0.1) is 11.3 Å². The Bertz CT molecular complexity index is 851. The van der Waals surface area contributed by atoms with E-state index >= 15 is 0 Å². The molecule has 0 saturated carbocycles. The van der Waals surface area contributed by atoms with Crippen LogP contribution in [0.25, 0.3) is 0 Å². The molecule has 156 valence electrons. The SMILES string of the molecule is CCCCCOC(=O)C1C(C)=NC2=C(C(=O)CC(C)(C)C2)[C@@H]1c1ccc(Br)cc1. The van der Waals surface area contributed by atoms with E-state index in [1.165, 1.54) is 0 Å². The maximum atomic E-state index is 13.2. The average Bonchev–Trinajstić information content (AvgIpc) is 2.63. The lowest BCUT2D eigenvalue weighted by Crippen LogP contribution is -2.39. The van der Waals surface area contributed by atoms with E-state index in [4.69, 9.17) is 9.73 Å². The third kappa shape index (κ3) is 4.88. The molecular weight excluding hydrogens is 430 g/mol. The lowest BCUT2D eigenvalue weighted by molar-refractivity contribution is -0.146. The van der Waals surface area contributed by atoms with Gasteiger partial charge in [0.1, 0.15) is 5.92 Å². The van der Waals surface area contributed by atoms with Gasteiger partial charge in [-0.05, 0) is 42.9 Å². The number of aliphatic imine (C=N–C) groups is 1. The largest absolute Gasteiger partial charge is 0.465 e. The first-order valence-electron chi connectivity index (χ1n) is 10.5. The number of allylic oxidation sites excluding steroid dienone is 2. The molecule has 0 radical (unpaired) electrons. The van der Waals surface area contributed by atoms with Gasteiger partial charge in [0, 0.05) is 33.8 Å². The fraction of sp³-hybridized carbons (Fsp3) is 0.542. The maximum absolute atomic E-state index is 13.2. The summed E-state index contributed by atoms with van der Waals surface area (Å²) in [6, 6.07) is 7.89. The van der Waals surface area contributed by atoms with Gasteiger partial charge in [-0.25, -0.2) is 0 Å². The molecule has 1 aromatic rings. The topological polar surface area (TPSA) is 55.7 Å². The normalized spacial score (nSPS) is 23.5. The third-order valence-corrected chi connectivity index (χ3v) is 6.31. The fourth-order valence-electron chi connectivity index (χ4n) is 4.40. The zero-order valence-electron chi connectivity index (χ0n) is 17.8. The van der Waals surface area contributed by atoms with Gasteiger partial charge in [0.05, 0.1) is 6.61 Å². The van der Waals surface area contributed by atoms with E-state index in [0.29, 0.717) is 18.6 Å². The molecule has 5 heteroatoms. The Kier molecular flexibility index (Phi) is 6.77. The number of nitrogens with zero attached hydrogens (tertiary/aromatic N) is 1. The molecule has 0 N–H and O–H groups in total. The summed E-state index contributed by atoms with van der Waals surface area (Å²) in [5, 5.41) is 0. The summed E-state index contributed by atoms with van der Waals surface area (Å²) in [5.74, 6) is -1.07. The number of hydrogen-bond donors (Lipinski definition) is 0. The Balaban J connectivity index is 2.01. The van der Waals surface area contributed by atoms with Crippen LogP contribution in [0.4, 0.5) is 0 Å². The summed E-state index contributed by atoms with van der Waals surface area (Å²) in [5.41, 5.74) is 3.12. The van der Waals surface area contributed by atoms with Crippen LogP contribution in [0.1, 0.15) is 71.3 Å². The molecule has 0 spiro atoms. The second-order valence-corrected chi connectivity index (χ2v) is 9.85. The summed E-state index contributed by atoms with van der Waals surface area (Å²) in [6.45, 7) is 8.62. The summed E-state index contributed by atoms with van der Waals surface area (Å²) < 4.78 is 6.59. The van der Waals surface area contributed by atoms with Crippen molar-refractivity contribution in [1.82, 2.24) is 0 Å². The standard InChI is InChI=1S/C24H30BrNO3/c1-5-6-7-12-29-23(28)20-15(2)26-18-13-24(3,4)14-19(27)22(18)21(20)16-8-10-17(25)11-9-16/h8-11,20-21H,5-7,12-14H2,1-4H3/t20?,21-/m1/s1. The Morgan fingerprint density at radius 2 is 1.90 bits per heavy atom. The Morgan fingerprint density at radius 3 is 2.55 bits per heavy atom. The predicted octanol–water partition coefficient (Wildman–Crippen LogP) is 6.00. The summed E-state index contributed by atoms with van der Waals surface area (Å²) >= 11 is 3.48. The molecule has 1 aromatic carbocycles. The fourth-order valence-corrected chi connectivity index (χ4v) is 4.66. The molecule has 1 heterocycles. The van der Waals surface area contributed by atoms with Crippen molar-refractivity contribution >= 4 is 33.4 Å². The molecular formula is C24H30BrNO3. The van der Waals surface area contributed by atoms with Crippen LogP contribution in [0.15, 0.2) is 45.0 Å². The number of esters is 1. The van der Waals surface area contributed by atoms with Gasteiger partial charge in [-0.3, -0.25) is 14.6 Å². The van der Waals surface area contributed by atoms with Crippen molar-refractivity contribution in [3.63, 3.8) is 0 Å². The van der Waals surface area contributed by atoms with Gasteiger partial charge in [-0.2, -0.15) is 0 Å². The monoisotopic (exact) mass is 459 g/mol. The molecule has 2 aliphatic rings. The van der Waals surface area contributed by atoms with Crippen LogP contribution in [0.5, 0.6) is 0 Å². The zero-order valence-corrected chi connectivity index (χ0v) is 19.3. The predicted molar refractivity (Wildman–Crippen MR) is 119 cm³/mol. The molecule has 3 rings (SSSR count). The molecule has 4 nitrogen and oxygen atoms in total. The van der Waals surface area contributed by atoms with Crippen LogP contribution in [-0.2, 0) is 14.3 Å². The quantitative estimate of drug-likeness (QED) is 0.387. The van der Waals surface area contributed by atoms with Crippen LogP contribution in [0.3, 0.4) is 0 Å². The lowest BCUT2D eigenvalue weighted by atomic mass is 9.67. The second-order valence-electron chi connectivity index (χ2n) is 8.94. The van der Waals surface area contributed by atoms with Crippen LogP contribution in [0.2, 0.25) is 0 Å². The first kappa shape index (κ1) is 21.9. The molecule has 0 bridgehead atoms. The molecule has 1 aliphatic heterocycles. The first-order valence-corrected chi connectivity index (χ1v) is 11.3. The zero-order chi connectivity index (χ0) is 21.2. The van der Waals surface area contributed by atoms with Crippen LogP contribution in [-0.4, -0.2) is 24.1 Å². The summed E-state index contributed by atoms with van der Waals surface area (Å²) in [7, 11) is 0. The smallest absolute Gasteiger partial charge is 0.315 e. The molecule has 2 atom stereocenters. The molecule has 1 unspecified atom stereocenters. The molecule has 0 fully saturated rings. The van der Waals surface area contributed by atoms with E-state index in [-0.39, 0.29) is 23.1 Å². The number of halogens is 1. The second kappa shape index (κ2) is 8.95. The minimum atomic E-state index is -0.554. The van der Waals surface area contributed by atoms with Gasteiger partial charge in [0.15, 0.2) is 5.78 Å². The van der Waals surface area contributed by atoms with Gasteiger partial charge in [-0.1, -0.05) is 61.7 Å². The van der Waals surface area contributed by atoms with Gasteiger partial charge in [-0.15, -0.1) is 0 Å². The van der Waals surface area contributed by atoms with Crippen molar-refractivity contribution in [3.05, 3.63) is 45.6 Å². The third-order valence-electron chi connectivity index (χ3n) is 5.78. The van der Waals surface area contributed by atoms with Crippen LogP contribution < -0.4 is 0 Å². The highest BCUT2D eigenvalue weighted by atomic mass is 79.9. The highest BCUT2D eigenvalue weighted by Gasteiger charge is 2.45. The minimum Gasteiger partial charge on any atom is -0.465 e. The highest BCUT2D eigenvalue weighted by molar-refractivity contribution is 9.10. The number of unbranched alkanes of at least 4 members (excludes halogenated alkanes) is 2. The van der Waals surface area contributed by atoms with Crippen LogP contribution >= 0.6 is 15.9 Å². The van der Waals surface area contributed by atoms with E-state index < -0.39 is 5.92 Å². The number of ether oxygens (including phenoxy) is 1. The maximum Gasteiger partial charge on any atom is 0.315 e. The number of rotatable bonds is 6. The van der Waals surface area contributed by atoms with E-state index in [1.54, 1.807) is 0 Å². The number of hydrogen-bond acceptors (Lipinski definition) is 4. The van der Waals surface area contributed by atoms with Gasteiger partial charge in [0.2, 0.25) is 0 Å². The van der Waals surface area contributed by atoms with E-state index in [9.17, 15) is 9.59 Å². The highest BCUT2D eigenvalue weighted by Crippen LogP contribution is 2.48. The Labute approximate surface area is 181 Å². The first-order chi connectivity index (χ1) is 13.7. The van der Waals surface area contributed by atoms with Gasteiger partial charge in [0.25, 0.3) is 0 Å². The molecule has 1 aliphatic carbocycles. The van der Waals surface area contributed by atoms with Gasteiger partial charge >= 0.3 is 5.97 Å². The van der Waals surface area contributed by atoms with Gasteiger partial charge < -0.3 is 4.74 Å². The van der Waals surface area contributed by atoms with Crippen molar-refractivity contribution < 1.29 is 14.3 Å². The number of carbonyl (C=O) groups is 2. The van der Waals surface area contributed by atoms with Crippen molar-refractivity contribution in [2.24, 2.45) is 16.3 Å². The Morgan fingerprint density at radius 1 is 1.21 bits per heavy atom. The number of Topliss-reactive ketones (excluding diaryl/α,β-unsaturated/α-hetero) is 1. The van der Waals surface area contributed by atoms with E-state index in [0.717, 1.165) is 47.1 Å².